The van der Waals surface area contributed by atoms with E-state index in [0.717, 1.165) is 19.3 Å². The van der Waals surface area contributed by atoms with E-state index in [9.17, 15) is 24.6 Å². The molecule has 0 aromatic heterocycles. The quantitative estimate of drug-likeness (QED) is 0.248. The Morgan fingerprint density at radius 3 is 2.62 bits per heavy atom. The van der Waals surface area contributed by atoms with Crippen LogP contribution in [0, 0.1) is 17.8 Å². The highest BCUT2D eigenvalue weighted by atomic mass is 79.9. The van der Waals surface area contributed by atoms with Crippen LogP contribution in [-0.2, 0) is 19.1 Å². The largest absolute Gasteiger partial charge is 0.481 e. The highest BCUT2D eigenvalue weighted by Crippen LogP contribution is 2.60. The Morgan fingerprint density at radius 1 is 1.41 bits per heavy atom. The van der Waals surface area contributed by atoms with Crippen molar-refractivity contribution in [1.29, 1.82) is 0 Å². The van der Waals surface area contributed by atoms with E-state index in [-0.39, 0.29) is 23.3 Å². The van der Waals surface area contributed by atoms with Gasteiger partial charge in [-0.15, -0.1) is 6.58 Å². The van der Waals surface area contributed by atoms with Gasteiger partial charge in [-0.25, -0.2) is 0 Å². The van der Waals surface area contributed by atoms with Crippen LogP contribution in [0.3, 0.4) is 0 Å². The third kappa shape index (κ3) is 3.90. The summed E-state index contributed by atoms with van der Waals surface area (Å²) in [4.78, 5) is 42.8. The predicted molar refractivity (Wildman–Crippen MR) is 122 cm³/mol. The van der Waals surface area contributed by atoms with Crippen molar-refractivity contribution in [3.05, 3.63) is 12.7 Å². The number of carboxylic acid groups (broad SMARTS) is 1. The summed E-state index contributed by atoms with van der Waals surface area (Å²) >= 11 is 3.55. The molecule has 3 fully saturated rings. The second kappa shape index (κ2) is 9.81. The lowest BCUT2D eigenvalue weighted by Crippen LogP contribution is -2.60. The molecule has 0 saturated carbocycles. The molecule has 3 unspecified atom stereocenters. The van der Waals surface area contributed by atoms with E-state index in [1.54, 1.807) is 11.0 Å². The first-order valence-corrected chi connectivity index (χ1v) is 12.4. The number of aliphatic hydroxyl groups is 1. The average molecular weight is 515 g/mol. The van der Waals surface area contributed by atoms with Crippen molar-refractivity contribution in [3.63, 3.8) is 0 Å². The molecule has 180 valence electrons. The Morgan fingerprint density at radius 2 is 2.09 bits per heavy atom. The third-order valence-electron chi connectivity index (χ3n) is 7.25. The fraction of sp³-hybridized carbons (Fsp3) is 0.783. The molecule has 2 bridgehead atoms. The van der Waals surface area contributed by atoms with Crippen molar-refractivity contribution < 1.29 is 29.3 Å². The van der Waals surface area contributed by atoms with E-state index < -0.39 is 47.5 Å². The number of rotatable bonds is 11. The van der Waals surface area contributed by atoms with Gasteiger partial charge in [0.15, 0.2) is 0 Å². The van der Waals surface area contributed by atoms with Crippen LogP contribution in [0.1, 0.15) is 46.5 Å². The van der Waals surface area contributed by atoms with Gasteiger partial charge < -0.3 is 24.7 Å². The SMILES string of the molecule is C=CCN(CCCCC)C(=O)C1N([C@@H](CO)C(C)C)C(=O)[C@@H]2[C@H](C(=O)O)[C@H]3OC12CC3Br. The van der Waals surface area contributed by atoms with Gasteiger partial charge in [-0.05, 0) is 18.8 Å². The van der Waals surface area contributed by atoms with Gasteiger partial charge in [-0.1, -0.05) is 55.6 Å². The minimum atomic E-state index is -1.22. The lowest BCUT2D eigenvalue weighted by Gasteiger charge is -2.40. The van der Waals surface area contributed by atoms with Crippen LogP contribution in [-0.4, -0.2) is 86.1 Å². The number of unbranched alkanes of at least 4 members (excludes halogenated alkanes) is 2. The van der Waals surface area contributed by atoms with Crippen molar-refractivity contribution in [3.8, 4) is 0 Å². The van der Waals surface area contributed by atoms with Crippen LogP contribution in [0.5, 0.6) is 0 Å². The normalized spacial score (nSPS) is 34.1. The number of carbonyl (C=O) groups is 3. The molecule has 3 heterocycles. The lowest BCUT2D eigenvalue weighted by atomic mass is 9.70. The van der Waals surface area contributed by atoms with Crippen LogP contribution >= 0.6 is 15.9 Å². The molecule has 7 atom stereocenters. The second-order valence-electron chi connectivity index (χ2n) is 9.52. The Hall–Kier alpha value is -1.45. The number of aliphatic hydroxyl groups excluding tert-OH is 1. The first-order valence-electron chi connectivity index (χ1n) is 11.5. The average Bonchev–Trinajstić information content (AvgIpc) is 3.31. The van der Waals surface area contributed by atoms with Gasteiger partial charge in [0.1, 0.15) is 11.6 Å². The zero-order chi connectivity index (χ0) is 23.8. The molecule has 0 aromatic rings. The lowest BCUT2D eigenvalue weighted by molar-refractivity contribution is -0.154. The van der Waals surface area contributed by atoms with E-state index in [4.69, 9.17) is 4.74 Å². The van der Waals surface area contributed by atoms with Crippen molar-refractivity contribution in [2.24, 2.45) is 17.8 Å². The van der Waals surface area contributed by atoms with E-state index in [1.807, 2.05) is 13.8 Å². The molecule has 8 nitrogen and oxygen atoms in total. The highest BCUT2D eigenvalue weighted by molar-refractivity contribution is 9.09. The van der Waals surface area contributed by atoms with Gasteiger partial charge in [0.25, 0.3) is 0 Å². The maximum absolute atomic E-state index is 14.0. The molecule has 2 N–H and O–H groups in total. The first-order chi connectivity index (χ1) is 15.2. The van der Waals surface area contributed by atoms with Crippen molar-refractivity contribution in [2.75, 3.05) is 19.7 Å². The zero-order valence-electron chi connectivity index (χ0n) is 19.1. The number of hydrogen-bond acceptors (Lipinski definition) is 5. The fourth-order valence-electron chi connectivity index (χ4n) is 5.78. The monoisotopic (exact) mass is 514 g/mol. The summed E-state index contributed by atoms with van der Waals surface area (Å²) in [6.45, 7) is 10.2. The topological polar surface area (TPSA) is 107 Å². The molecule has 3 aliphatic rings. The van der Waals surface area contributed by atoms with Crippen molar-refractivity contribution in [1.82, 2.24) is 9.80 Å². The second-order valence-corrected chi connectivity index (χ2v) is 10.7. The predicted octanol–water partition coefficient (Wildman–Crippen LogP) is 2.04. The van der Waals surface area contributed by atoms with Gasteiger partial charge in [0.2, 0.25) is 11.8 Å². The van der Waals surface area contributed by atoms with Crippen molar-refractivity contribution >= 4 is 33.7 Å². The summed E-state index contributed by atoms with van der Waals surface area (Å²) in [5.74, 6) is -3.85. The Kier molecular flexibility index (Phi) is 7.72. The number of fused-ring (bicyclic) bond motifs is 1. The number of carbonyl (C=O) groups excluding carboxylic acids is 2. The molecule has 9 heteroatoms. The van der Waals surface area contributed by atoms with Crippen LogP contribution in [0.4, 0.5) is 0 Å². The highest BCUT2D eigenvalue weighted by Gasteiger charge is 2.77. The Bertz CT molecular complexity index is 761. The molecule has 1 spiro atoms. The molecule has 3 aliphatic heterocycles. The smallest absolute Gasteiger partial charge is 0.310 e. The van der Waals surface area contributed by atoms with Crippen LogP contribution in [0.15, 0.2) is 12.7 Å². The number of nitrogens with zero attached hydrogens (tertiary/aromatic N) is 2. The zero-order valence-corrected chi connectivity index (χ0v) is 20.7. The molecular weight excluding hydrogens is 480 g/mol. The molecule has 0 aromatic carbocycles. The summed E-state index contributed by atoms with van der Waals surface area (Å²) in [5.41, 5.74) is -1.22. The first kappa shape index (κ1) is 25.2. The molecular formula is C23H35BrN2O6. The van der Waals surface area contributed by atoms with Gasteiger partial charge in [0.05, 0.1) is 30.6 Å². The van der Waals surface area contributed by atoms with E-state index in [0.29, 0.717) is 19.5 Å². The van der Waals surface area contributed by atoms with Gasteiger partial charge in [-0.2, -0.15) is 0 Å². The summed E-state index contributed by atoms with van der Waals surface area (Å²) in [6.07, 6.45) is 4.16. The van der Waals surface area contributed by atoms with Crippen LogP contribution in [0.25, 0.3) is 0 Å². The van der Waals surface area contributed by atoms with Crippen molar-refractivity contribution in [2.45, 2.75) is 75.1 Å². The van der Waals surface area contributed by atoms with E-state index in [1.165, 1.54) is 4.90 Å². The standard InChI is InChI=1S/C23H35BrN2O6/c1-5-7-8-10-25(9-6-2)21(29)19-23-11-14(24)18(32-23)16(22(30)31)17(23)20(28)26(19)15(12-27)13(3)4/h6,13-19,27H,2,5,7-12H2,1,3-4H3,(H,30,31)/t14?,15-,16-,17-,18-,19?,23?/m0/s1. The minimum absolute atomic E-state index is 0.123. The molecule has 3 saturated heterocycles. The number of ether oxygens (including phenoxy) is 1. The van der Waals surface area contributed by atoms with Crippen LogP contribution < -0.4 is 0 Å². The number of carboxylic acids is 1. The molecule has 2 amide bonds. The number of amides is 2. The van der Waals surface area contributed by atoms with E-state index in [2.05, 4.69) is 29.4 Å². The number of hydrogen-bond donors (Lipinski definition) is 2. The van der Waals surface area contributed by atoms with Crippen LogP contribution in [0.2, 0.25) is 0 Å². The van der Waals surface area contributed by atoms with E-state index >= 15 is 0 Å². The number of likely N-dealkylation sites (tertiary alicyclic amines) is 1. The third-order valence-corrected chi connectivity index (χ3v) is 8.10. The molecule has 3 rings (SSSR count). The maximum atomic E-state index is 14.0. The summed E-state index contributed by atoms with van der Waals surface area (Å²) in [5, 5.41) is 20.1. The molecule has 32 heavy (non-hydrogen) atoms. The summed E-state index contributed by atoms with van der Waals surface area (Å²) in [6, 6.07) is -1.58. The number of halogens is 1. The number of aliphatic carboxylic acids is 1. The molecule has 0 radical (unpaired) electrons. The Balaban J connectivity index is 2.08. The summed E-state index contributed by atoms with van der Waals surface area (Å²) < 4.78 is 6.29. The maximum Gasteiger partial charge on any atom is 0.310 e. The number of alkyl halides is 1. The van der Waals surface area contributed by atoms with Gasteiger partial charge in [-0.3, -0.25) is 14.4 Å². The summed E-state index contributed by atoms with van der Waals surface area (Å²) in [7, 11) is 0. The van der Waals surface area contributed by atoms with Gasteiger partial charge in [0, 0.05) is 17.9 Å². The Labute approximate surface area is 198 Å². The fourth-order valence-corrected chi connectivity index (χ4v) is 6.72. The van der Waals surface area contributed by atoms with Gasteiger partial charge >= 0.3 is 5.97 Å². The minimum Gasteiger partial charge on any atom is -0.481 e. The molecule has 0 aliphatic carbocycles.